The molecule has 152 valence electrons. The van der Waals surface area contributed by atoms with E-state index in [0.29, 0.717) is 35.6 Å². The Morgan fingerprint density at radius 1 is 1.29 bits per heavy atom. The van der Waals surface area contributed by atoms with Gasteiger partial charge in [0.15, 0.2) is 5.16 Å². The number of rotatable bonds is 9. The van der Waals surface area contributed by atoms with Crippen LogP contribution < -0.4 is 10.9 Å². The van der Waals surface area contributed by atoms with E-state index in [4.69, 9.17) is 4.74 Å². The number of nitrogens with zero attached hydrogens (tertiary/aromatic N) is 2. The number of thioether (sulfide) groups is 1. The highest BCUT2D eigenvalue weighted by molar-refractivity contribution is 7.99. The van der Waals surface area contributed by atoms with E-state index in [2.05, 4.69) is 15.0 Å². The van der Waals surface area contributed by atoms with Crippen molar-refractivity contribution >= 4 is 34.7 Å². The summed E-state index contributed by atoms with van der Waals surface area (Å²) in [6, 6.07) is 7.08. The van der Waals surface area contributed by atoms with Gasteiger partial charge in [0.25, 0.3) is 5.56 Å². The zero-order valence-corrected chi connectivity index (χ0v) is 17.1. The van der Waals surface area contributed by atoms with E-state index in [0.717, 1.165) is 11.8 Å². The maximum atomic E-state index is 12.9. The summed E-state index contributed by atoms with van der Waals surface area (Å²) in [5, 5.41) is 3.08. The molecule has 0 saturated carbocycles. The van der Waals surface area contributed by atoms with Crippen molar-refractivity contribution < 1.29 is 19.1 Å². The van der Waals surface area contributed by atoms with E-state index >= 15 is 0 Å². The molecule has 2 rings (SSSR count). The van der Waals surface area contributed by atoms with Crippen LogP contribution in [-0.2, 0) is 20.8 Å². The number of ether oxygens (including phenoxy) is 2. The van der Waals surface area contributed by atoms with E-state index in [1.807, 2.05) is 13.8 Å². The highest BCUT2D eigenvalue weighted by atomic mass is 32.2. The number of hydrogen-bond donors (Lipinski definition) is 1. The zero-order chi connectivity index (χ0) is 20.5. The molecule has 0 fully saturated rings. The lowest BCUT2D eigenvalue weighted by Crippen LogP contribution is -2.32. The molecule has 9 heteroatoms. The van der Waals surface area contributed by atoms with Crippen molar-refractivity contribution in [3.8, 4) is 0 Å². The maximum Gasteiger partial charge on any atom is 0.413 e. The van der Waals surface area contributed by atoms with E-state index in [1.165, 1.54) is 0 Å². The predicted molar refractivity (Wildman–Crippen MR) is 108 cm³/mol. The van der Waals surface area contributed by atoms with E-state index < -0.39 is 12.0 Å². The molecule has 2 amide bonds. The third-order valence-corrected chi connectivity index (χ3v) is 4.63. The Bertz CT molecular complexity index is 881. The monoisotopic (exact) mass is 407 g/mol. The van der Waals surface area contributed by atoms with Gasteiger partial charge < -0.3 is 9.47 Å². The van der Waals surface area contributed by atoms with Crippen molar-refractivity contribution in [2.75, 3.05) is 19.0 Å². The van der Waals surface area contributed by atoms with Crippen LogP contribution in [0.5, 0.6) is 0 Å². The molecule has 0 aliphatic rings. The zero-order valence-electron chi connectivity index (χ0n) is 16.3. The third kappa shape index (κ3) is 6.35. The van der Waals surface area contributed by atoms with Crippen LogP contribution in [0.2, 0.25) is 0 Å². The van der Waals surface area contributed by atoms with Gasteiger partial charge in [-0.15, -0.1) is 0 Å². The summed E-state index contributed by atoms with van der Waals surface area (Å²) in [7, 11) is 0. The molecular weight excluding hydrogens is 382 g/mol. The second-order valence-electron chi connectivity index (χ2n) is 6.20. The largest absolute Gasteiger partial charge is 0.450 e. The minimum Gasteiger partial charge on any atom is -0.450 e. The number of amides is 2. The molecule has 0 aliphatic heterocycles. The topological polar surface area (TPSA) is 99.5 Å². The lowest BCUT2D eigenvalue weighted by molar-refractivity contribution is -0.117. The first kappa shape index (κ1) is 21.9. The van der Waals surface area contributed by atoms with Crippen molar-refractivity contribution in [2.24, 2.45) is 0 Å². The Kier molecular flexibility index (Phi) is 8.46. The van der Waals surface area contributed by atoms with Gasteiger partial charge in [-0.25, -0.2) is 9.78 Å². The molecule has 0 bridgehead atoms. The quantitative estimate of drug-likeness (QED) is 0.387. The third-order valence-electron chi connectivity index (χ3n) is 3.65. The standard InChI is InChI=1S/C19H25N3O5S/c1-4-26-19(25)21-16(23)12-28-18-20-15-9-6-5-8-14(15)17(24)22(18)10-7-11-27-13(2)3/h5-6,8-9,13H,4,7,10-12H2,1-3H3,(H,21,23,25). The summed E-state index contributed by atoms with van der Waals surface area (Å²) in [5.74, 6) is -0.577. The van der Waals surface area contributed by atoms with Crippen LogP contribution in [0.4, 0.5) is 4.79 Å². The summed E-state index contributed by atoms with van der Waals surface area (Å²) >= 11 is 1.10. The maximum absolute atomic E-state index is 12.9. The van der Waals surface area contributed by atoms with Crippen LogP contribution in [-0.4, -0.2) is 46.6 Å². The minimum atomic E-state index is -0.789. The molecule has 0 saturated heterocycles. The van der Waals surface area contributed by atoms with Gasteiger partial charge in [-0.05, 0) is 39.3 Å². The number of alkyl carbamates (subject to hydrolysis) is 1. The van der Waals surface area contributed by atoms with Gasteiger partial charge in [0.1, 0.15) is 0 Å². The second kappa shape index (κ2) is 10.8. The first-order valence-corrected chi connectivity index (χ1v) is 10.1. The van der Waals surface area contributed by atoms with Crippen LogP contribution >= 0.6 is 11.8 Å². The Hall–Kier alpha value is -2.39. The van der Waals surface area contributed by atoms with Crippen molar-refractivity contribution in [1.82, 2.24) is 14.9 Å². The molecule has 1 aromatic carbocycles. The molecule has 1 aromatic heterocycles. The van der Waals surface area contributed by atoms with Gasteiger partial charge in [-0.2, -0.15) is 0 Å². The van der Waals surface area contributed by atoms with Gasteiger partial charge in [0.2, 0.25) is 5.91 Å². The molecule has 8 nitrogen and oxygen atoms in total. The molecule has 28 heavy (non-hydrogen) atoms. The minimum absolute atomic E-state index is 0.0634. The first-order valence-electron chi connectivity index (χ1n) is 9.13. The fraction of sp³-hybridized carbons (Fsp3) is 0.474. The number of aromatic nitrogens is 2. The molecule has 1 N–H and O–H groups in total. The van der Waals surface area contributed by atoms with Gasteiger partial charge in [0, 0.05) is 13.2 Å². The number of imide groups is 1. The average molecular weight is 407 g/mol. The number of benzene rings is 1. The van der Waals surface area contributed by atoms with Crippen LogP contribution in [0.3, 0.4) is 0 Å². The van der Waals surface area contributed by atoms with Crippen LogP contribution in [0, 0.1) is 0 Å². The number of fused-ring (bicyclic) bond motifs is 1. The lowest BCUT2D eigenvalue weighted by Gasteiger charge is -2.14. The first-order chi connectivity index (χ1) is 13.4. The van der Waals surface area contributed by atoms with Crippen molar-refractivity contribution in [1.29, 1.82) is 0 Å². The van der Waals surface area contributed by atoms with Crippen LogP contribution in [0.1, 0.15) is 27.2 Å². The Morgan fingerprint density at radius 3 is 2.75 bits per heavy atom. The van der Waals surface area contributed by atoms with Crippen molar-refractivity contribution in [3.63, 3.8) is 0 Å². The molecule has 2 aromatic rings. The van der Waals surface area contributed by atoms with Crippen molar-refractivity contribution in [3.05, 3.63) is 34.6 Å². The molecule has 1 heterocycles. The summed E-state index contributed by atoms with van der Waals surface area (Å²) in [6.45, 7) is 6.67. The highest BCUT2D eigenvalue weighted by Gasteiger charge is 2.14. The molecule has 0 aliphatic carbocycles. The Morgan fingerprint density at radius 2 is 2.04 bits per heavy atom. The van der Waals surface area contributed by atoms with Gasteiger partial charge in [-0.3, -0.25) is 19.5 Å². The Balaban J connectivity index is 2.17. The van der Waals surface area contributed by atoms with E-state index in [9.17, 15) is 14.4 Å². The summed E-state index contributed by atoms with van der Waals surface area (Å²) in [4.78, 5) is 40.7. The van der Waals surface area contributed by atoms with E-state index in [1.54, 1.807) is 35.8 Å². The van der Waals surface area contributed by atoms with Gasteiger partial charge in [0.05, 0.1) is 29.4 Å². The molecule has 0 atom stereocenters. The number of nitrogens with one attached hydrogen (secondary N) is 1. The van der Waals surface area contributed by atoms with Crippen molar-refractivity contribution in [2.45, 2.75) is 45.0 Å². The molecule has 0 unspecified atom stereocenters. The summed E-state index contributed by atoms with van der Waals surface area (Å²) in [6.07, 6.45) is -0.0320. The van der Waals surface area contributed by atoms with Gasteiger partial charge in [-0.1, -0.05) is 23.9 Å². The predicted octanol–water partition coefficient (Wildman–Crippen LogP) is 2.58. The van der Waals surface area contributed by atoms with Crippen LogP contribution in [0.15, 0.2) is 34.2 Å². The number of carbonyl (C=O) groups excluding carboxylic acids is 2. The lowest BCUT2D eigenvalue weighted by atomic mass is 10.2. The average Bonchev–Trinajstić information content (AvgIpc) is 2.65. The highest BCUT2D eigenvalue weighted by Crippen LogP contribution is 2.18. The fourth-order valence-corrected chi connectivity index (χ4v) is 3.27. The number of hydrogen-bond acceptors (Lipinski definition) is 7. The normalized spacial score (nSPS) is 11.0. The number of para-hydroxylation sites is 1. The van der Waals surface area contributed by atoms with Gasteiger partial charge >= 0.3 is 6.09 Å². The summed E-state index contributed by atoms with van der Waals surface area (Å²) < 4.78 is 11.8. The molecule has 0 radical (unpaired) electrons. The smallest absolute Gasteiger partial charge is 0.413 e. The second-order valence-corrected chi connectivity index (χ2v) is 7.14. The SMILES string of the molecule is CCOC(=O)NC(=O)CSc1nc2ccccc2c(=O)n1CCCOC(C)C. The fourth-order valence-electron chi connectivity index (χ4n) is 2.44. The number of carbonyl (C=O) groups is 2. The Labute approximate surface area is 167 Å². The molecule has 0 spiro atoms. The van der Waals surface area contributed by atoms with E-state index in [-0.39, 0.29) is 24.0 Å². The molecular formula is C19H25N3O5S. The van der Waals surface area contributed by atoms with Crippen LogP contribution in [0.25, 0.3) is 10.9 Å². The summed E-state index contributed by atoms with van der Waals surface area (Å²) in [5.41, 5.74) is 0.402.